The molecule has 0 aliphatic heterocycles. The maximum atomic E-state index is 13.3. The molecule has 2 aromatic rings. The van der Waals surface area contributed by atoms with E-state index >= 15 is 0 Å². The van der Waals surface area contributed by atoms with Crippen LogP contribution in [0, 0.1) is 24.4 Å². The van der Waals surface area contributed by atoms with Gasteiger partial charge in [0.15, 0.2) is 17.5 Å². The van der Waals surface area contributed by atoms with Crippen LogP contribution in [0.2, 0.25) is 0 Å². The van der Waals surface area contributed by atoms with Crippen molar-refractivity contribution < 1.29 is 13.2 Å². The summed E-state index contributed by atoms with van der Waals surface area (Å²) in [6.45, 7) is 8.62. The van der Waals surface area contributed by atoms with Crippen molar-refractivity contribution >= 4 is 11.3 Å². The standard InChI is InChI=1S/C15H17F3N2S/c1-8-12(7-19-15(2,3)4)21-14(20-8)9-5-10(16)13(18)11(17)6-9/h5-6,19H,7H2,1-4H3. The van der Waals surface area contributed by atoms with Crippen LogP contribution in [0.1, 0.15) is 31.3 Å². The van der Waals surface area contributed by atoms with Crippen molar-refractivity contribution in [1.29, 1.82) is 0 Å². The highest BCUT2D eigenvalue weighted by molar-refractivity contribution is 7.15. The number of rotatable bonds is 3. The van der Waals surface area contributed by atoms with Gasteiger partial charge in [-0.1, -0.05) is 0 Å². The molecule has 0 aliphatic rings. The molecule has 1 heterocycles. The smallest absolute Gasteiger partial charge is 0.194 e. The number of nitrogens with one attached hydrogen (secondary N) is 1. The number of aryl methyl sites for hydroxylation is 1. The minimum Gasteiger partial charge on any atom is -0.307 e. The second-order valence-electron chi connectivity index (χ2n) is 5.89. The van der Waals surface area contributed by atoms with Gasteiger partial charge in [-0.25, -0.2) is 18.2 Å². The summed E-state index contributed by atoms with van der Waals surface area (Å²) in [7, 11) is 0. The number of aromatic nitrogens is 1. The van der Waals surface area contributed by atoms with Gasteiger partial charge in [0.05, 0.1) is 5.69 Å². The molecule has 0 aliphatic carbocycles. The summed E-state index contributed by atoms with van der Waals surface area (Å²) in [6, 6.07) is 1.94. The zero-order chi connectivity index (χ0) is 15.8. The Balaban J connectivity index is 2.30. The quantitative estimate of drug-likeness (QED) is 0.848. The van der Waals surface area contributed by atoms with Crippen LogP contribution in [0.5, 0.6) is 0 Å². The molecule has 114 valence electrons. The normalized spacial score (nSPS) is 12.0. The summed E-state index contributed by atoms with van der Waals surface area (Å²) in [5.41, 5.74) is 1.02. The molecule has 1 aromatic carbocycles. The highest BCUT2D eigenvalue weighted by Crippen LogP contribution is 2.30. The molecule has 0 bridgehead atoms. The van der Waals surface area contributed by atoms with E-state index in [4.69, 9.17) is 0 Å². The van der Waals surface area contributed by atoms with Gasteiger partial charge in [0.25, 0.3) is 0 Å². The lowest BCUT2D eigenvalue weighted by atomic mass is 10.1. The first-order valence-electron chi connectivity index (χ1n) is 6.53. The van der Waals surface area contributed by atoms with Gasteiger partial charge >= 0.3 is 0 Å². The molecule has 0 saturated heterocycles. The maximum absolute atomic E-state index is 13.3. The number of benzene rings is 1. The topological polar surface area (TPSA) is 24.9 Å². The molecule has 0 unspecified atom stereocenters. The van der Waals surface area contributed by atoms with Gasteiger partial charge in [-0.15, -0.1) is 11.3 Å². The molecule has 0 fully saturated rings. The van der Waals surface area contributed by atoms with E-state index in [0.29, 0.717) is 11.6 Å². The zero-order valence-corrected chi connectivity index (χ0v) is 13.2. The second kappa shape index (κ2) is 5.77. The summed E-state index contributed by atoms with van der Waals surface area (Å²) in [5, 5.41) is 3.82. The highest BCUT2D eigenvalue weighted by atomic mass is 32.1. The Morgan fingerprint density at radius 3 is 2.24 bits per heavy atom. The molecule has 1 aromatic heterocycles. The Labute approximate surface area is 126 Å². The summed E-state index contributed by atoms with van der Waals surface area (Å²) >= 11 is 1.35. The van der Waals surface area contributed by atoms with E-state index < -0.39 is 17.5 Å². The molecule has 0 spiro atoms. The summed E-state index contributed by atoms with van der Waals surface area (Å²) in [5.74, 6) is -3.86. The lowest BCUT2D eigenvalue weighted by molar-refractivity contribution is 0.425. The van der Waals surface area contributed by atoms with Crippen LogP contribution in [0.4, 0.5) is 13.2 Å². The SMILES string of the molecule is Cc1nc(-c2cc(F)c(F)c(F)c2)sc1CNC(C)(C)C. The van der Waals surface area contributed by atoms with E-state index in [0.717, 1.165) is 22.7 Å². The molecular formula is C15H17F3N2S. The number of nitrogens with zero attached hydrogens (tertiary/aromatic N) is 1. The third-order valence-corrected chi connectivity index (χ3v) is 4.11. The van der Waals surface area contributed by atoms with E-state index in [1.807, 2.05) is 6.92 Å². The van der Waals surface area contributed by atoms with Gasteiger partial charge in [0, 0.05) is 22.5 Å². The molecule has 2 nitrogen and oxygen atoms in total. The first-order chi connectivity index (χ1) is 9.67. The lowest BCUT2D eigenvalue weighted by Gasteiger charge is -2.19. The second-order valence-corrected chi connectivity index (χ2v) is 6.97. The first-order valence-corrected chi connectivity index (χ1v) is 7.35. The monoisotopic (exact) mass is 314 g/mol. The predicted molar refractivity (Wildman–Crippen MR) is 78.8 cm³/mol. The molecule has 0 radical (unpaired) electrons. The van der Waals surface area contributed by atoms with Gasteiger partial charge in [0.2, 0.25) is 0 Å². The van der Waals surface area contributed by atoms with Crippen LogP contribution in [-0.2, 0) is 6.54 Å². The summed E-state index contributed by atoms with van der Waals surface area (Å²) in [4.78, 5) is 5.31. The van der Waals surface area contributed by atoms with Crippen LogP contribution >= 0.6 is 11.3 Å². The third kappa shape index (κ3) is 3.83. The van der Waals surface area contributed by atoms with Crippen molar-refractivity contribution in [3.05, 3.63) is 40.2 Å². The van der Waals surface area contributed by atoms with Crippen LogP contribution in [0.15, 0.2) is 12.1 Å². The Kier molecular flexibility index (Phi) is 4.39. The zero-order valence-electron chi connectivity index (χ0n) is 12.4. The Morgan fingerprint density at radius 2 is 1.71 bits per heavy atom. The number of hydrogen-bond donors (Lipinski definition) is 1. The highest BCUT2D eigenvalue weighted by Gasteiger charge is 2.16. The van der Waals surface area contributed by atoms with Crippen molar-refractivity contribution in [2.45, 2.75) is 39.8 Å². The molecule has 0 atom stereocenters. The van der Waals surface area contributed by atoms with Crippen LogP contribution in [-0.4, -0.2) is 10.5 Å². The summed E-state index contributed by atoms with van der Waals surface area (Å²) < 4.78 is 39.6. The Hall–Kier alpha value is -1.40. The van der Waals surface area contributed by atoms with E-state index in [1.54, 1.807) is 0 Å². The molecule has 0 saturated carbocycles. The van der Waals surface area contributed by atoms with Gasteiger partial charge in [-0.2, -0.15) is 0 Å². The minimum atomic E-state index is -1.46. The fourth-order valence-corrected chi connectivity index (χ4v) is 2.73. The van der Waals surface area contributed by atoms with E-state index in [-0.39, 0.29) is 11.1 Å². The maximum Gasteiger partial charge on any atom is 0.194 e. The molecule has 0 amide bonds. The van der Waals surface area contributed by atoms with Crippen LogP contribution in [0.25, 0.3) is 10.6 Å². The fraction of sp³-hybridized carbons (Fsp3) is 0.400. The van der Waals surface area contributed by atoms with Crippen molar-refractivity contribution in [2.24, 2.45) is 0 Å². The molecule has 2 rings (SSSR count). The lowest BCUT2D eigenvalue weighted by Crippen LogP contribution is -2.34. The van der Waals surface area contributed by atoms with Crippen LogP contribution < -0.4 is 5.32 Å². The average Bonchev–Trinajstić information content (AvgIpc) is 2.73. The van der Waals surface area contributed by atoms with Crippen molar-refractivity contribution in [2.75, 3.05) is 0 Å². The molecule has 6 heteroatoms. The van der Waals surface area contributed by atoms with Gasteiger partial charge in [-0.05, 0) is 39.8 Å². The van der Waals surface area contributed by atoms with Crippen molar-refractivity contribution in [3.8, 4) is 10.6 Å². The first kappa shape index (κ1) is 16.0. The summed E-state index contributed by atoms with van der Waals surface area (Å²) in [6.07, 6.45) is 0. The average molecular weight is 314 g/mol. The predicted octanol–water partition coefficient (Wildman–Crippen LogP) is 4.42. The fourth-order valence-electron chi connectivity index (χ4n) is 1.74. The largest absolute Gasteiger partial charge is 0.307 e. The number of halogens is 3. The van der Waals surface area contributed by atoms with E-state index in [1.165, 1.54) is 11.3 Å². The molecular weight excluding hydrogens is 297 g/mol. The van der Waals surface area contributed by atoms with Gasteiger partial charge < -0.3 is 5.32 Å². The number of thiazole rings is 1. The van der Waals surface area contributed by atoms with Gasteiger partial charge in [-0.3, -0.25) is 0 Å². The molecule has 21 heavy (non-hydrogen) atoms. The van der Waals surface area contributed by atoms with Crippen LogP contribution in [0.3, 0.4) is 0 Å². The number of hydrogen-bond acceptors (Lipinski definition) is 3. The minimum absolute atomic E-state index is 0.0370. The van der Waals surface area contributed by atoms with Gasteiger partial charge in [0.1, 0.15) is 5.01 Å². The van der Waals surface area contributed by atoms with Crippen molar-refractivity contribution in [1.82, 2.24) is 10.3 Å². The van der Waals surface area contributed by atoms with E-state index in [2.05, 4.69) is 31.1 Å². The Morgan fingerprint density at radius 1 is 1.14 bits per heavy atom. The van der Waals surface area contributed by atoms with Crippen molar-refractivity contribution in [3.63, 3.8) is 0 Å². The van der Waals surface area contributed by atoms with E-state index in [9.17, 15) is 13.2 Å². The third-order valence-electron chi connectivity index (χ3n) is 2.90. The molecule has 1 N–H and O–H groups in total. The Bertz CT molecular complexity index is 636.